The quantitative estimate of drug-likeness (QED) is 0.782. The molecule has 1 atom stereocenters. The second-order valence-electron chi connectivity index (χ2n) is 7.37. The van der Waals surface area contributed by atoms with E-state index >= 15 is 0 Å². The predicted molar refractivity (Wildman–Crippen MR) is 112 cm³/mol. The Hall–Kier alpha value is -2.93. The van der Waals surface area contributed by atoms with E-state index in [0.29, 0.717) is 53.9 Å². The van der Waals surface area contributed by atoms with Crippen LogP contribution >= 0.6 is 11.6 Å². The van der Waals surface area contributed by atoms with Gasteiger partial charge in [-0.3, -0.25) is 9.59 Å². The Bertz CT molecular complexity index is 926. The Morgan fingerprint density at radius 2 is 1.80 bits per heavy atom. The van der Waals surface area contributed by atoms with Gasteiger partial charge in [0.1, 0.15) is 5.75 Å². The first-order chi connectivity index (χ1) is 14.5. The smallest absolute Gasteiger partial charge is 0.263 e. The molecule has 30 heavy (non-hydrogen) atoms. The van der Waals surface area contributed by atoms with Crippen LogP contribution in [-0.2, 0) is 9.59 Å². The number of hydrogen-bond donors (Lipinski definition) is 1. The second-order valence-corrected chi connectivity index (χ2v) is 7.81. The summed E-state index contributed by atoms with van der Waals surface area (Å²) >= 11 is 5.87. The maximum Gasteiger partial charge on any atom is 0.263 e. The van der Waals surface area contributed by atoms with Crippen molar-refractivity contribution in [3.8, 4) is 17.2 Å². The summed E-state index contributed by atoms with van der Waals surface area (Å²) < 4.78 is 16.3. The first-order valence-corrected chi connectivity index (χ1v) is 10.3. The van der Waals surface area contributed by atoms with Gasteiger partial charge in [-0.05, 0) is 56.2 Å². The normalized spacial score (nSPS) is 16.8. The molecule has 1 fully saturated rings. The van der Waals surface area contributed by atoms with E-state index in [-0.39, 0.29) is 24.5 Å². The Labute approximate surface area is 179 Å². The molecule has 2 aliphatic rings. The number of piperidine rings is 1. The van der Waals surface area contributed by atoms with Crippen molar-refractivity contribution in [3.63, 3.8) is 0 Å². The van der Waals surface area contributed by atoms with Crippen LogP contribution in [0, 0.1) is 5.92 Å². The SMILES string of the molecule is C[C@@H](Oc1ccc(Cl)cc1)C(=O)N1CCC(C(=O)Nc2ccc3c(c2)OCO3)CC1. The number of halogens is 1. The number of carbonyl (C=O) groups excluding carboxylic acids is 2. The molecule has 0 unspecified atom stereocenters. The molecule has 0 saturated carbocycles. The number of hydrogen-bond acceptors (Lipinski definition) is 5. The summed E-state index contributed by atoms with van der Waals surface area (Å²) in [6, 6.07) is 12.2. The summed E-state index contributed by atoms with van der Waals surface area (Å²) in [5, 5.41) is 3.55. The van der Waals surface area contributed by atoms with Gasteiger partial charge in [-0.25, -0.2) is 0 Å². The zero-order valence-corrected chi connectivity index (χ0v) is 17.4. The number of benzene rings is 2. The molecule has 2 aromatic rings. The molecule has 0 bridgehead atoms. The summed E-state index contributed by atoms with van der Waals surface area (Å²) in [5.74, 6) is 1.62. The Kier molecular flexibility index (Phi) is 5.99. The van der Waals surface area contributed by atoms with Crippen molar-refractivity contribution >= 4 is 29.1 Å². The van der Waals surface area contributed by atoms with Crippen LogP contribution in [-0.4, -0.2) is 42.7 Å². The molecular weight excluding hydrogens is 408 g/mol. The highest BCUT2D eigenvalue weighted by atomic mass is 35.5. The molecule has 8 heteroatoms. The first-order valence-electron chi connectivity index (χ1n) is 9.91. The van der Waals surface area contributed by atoms with Gasteiger partial charge in [0.05, 0.1) is 0 Å². The number of nitrogens with zero attached hydrogens (tertiary/aromatic N) is 1. The van der Waals surface area contributed by atoms with Gasteiger partial charge in [-0.15, -0.1) is 0 Å². The van der Waals surface area contributed by atoms with Crippen LogP contribution in [0.1, 0.15) is 19.8 Å². The van der Waals surface area contributed by atoms with Gasteiger partial charge in [-0.1, -0.05) is 11.6 Å². The fourth-order valence-corrected chi connectivity index (χ4v) is 3.73. The lowest BCUT2D eigenvalue weighted by molar-refractivity contribution is -0.140. The molecule has 4 rings (SSSR count). The minimum atomic E-state index is -0.606. The second kappa shape index (κ2) is 8.83. The van der Waals surface area contributed by atoms with Crippen LogP contribution in [0.2, 0.25) is 5.02 Å². The number of anilines is 1. The number of carbonyl (C=O) groups is 2. The topological polar surface area (TPSA) is 77.1 Å². The molecule has 0 radical (unpaired) electrons. The molecule has 0 spiro atoms. The number of rotatable bonds is 5. The van der Waals surface area contributed by atoms with Gasteiger partial charge < -0.3 is 24.4 Å². The lowest BCUT2D eigenvalue weighted by Gasteiger charge is -2.33. The van der Waals surface area contributed by atoms with Crippen LogP contribution in [0.15, 0.2) is 42.5 Å². The standard InChI is InChI=1S/C22H23ClN2O5/c1-14(30-18-5-2-16(23)3-6-18)22(27)25-10-8-15(9-11-25)21(26)24-17-4-7-19-20(12-17)29-13-28-19/h2-7,12,14-15H,8-11,13H2,1H3,(H,24,26)/t14-/m1/s1. The van der Waals surface area contributed by atoms with E-state index in [9.17, 15) is 9.59 Å². The van der Waals surface area contributed by atoms with Crippen molar-refractivity contribution in [2.45, 2.75) is 25.9 Å². The lowest BCUT2D eigenvalue weighted by atomic mass is 9.95. The molecule has 1 saturated heterocycles. The van der Waals surface area contributed by atoms with Gasteiger partial charge in [-0.2, -0.15) is 0 Å². The number of ether oxygens (including phenoxy) is 3. The van der Waals surface area contributed by atoms with Gasteiger partial charge in [0.25, 0.3) is 5.91 Å². The van der Waals surface area contributed by atoms with Crippen molar-refractivity contribution in [2.24, 2.45) is 5.92 Å². The van der Waals surface area contributed by atoms with Crippen LogP contribution in [0.4, 0.5) is 5.69 Å². The maximum atomic E-state index is 12.7. The van der Waals surface area contributed by atoms with E-state index < -0.39 is 6.10 Å². The first kappa shape index (κ1) is 20.3. The highest BCUT2D eigenvalue weighted by Gasteiger charge is 2.30. The third kappa shape index (κ3) is 4.62. The number of fused-ring (bicyclic) bond motifs is 1. The largest absolute Gasteiger partial charge is 0.481 e. The van der Waals surface area contributed by atoms with Gasteiger partial charge in [0, 0.05) is 35.8 Å². The van der Waals surface area contributed by atoms with Crippen molar-refractivity contribution in [1.29, 1.82) is 0 Å². The average Bonchev–Trinajstić information content (AvgIpc) is 3.23. The third-order valence-electron chi connectivity index (χ3n) is 5.29. The van der Waals surface area contributed by atoms with Crippen LogP contribution in [0.25, 0.3) is 0 Å². The van der Waals surface area contributed by atoms with Gasteiger partial charge >= 0.3 is 0 Å². The van der Waals surface area contributed by atoms with Crippen LogP contribution in [0.3, 0.4) is 0 Å². The number of nitrogens with one attached hydrogen (secondary N) is 1. The lowest BCUT2D eigenvalue weighted by Crippen LogP contribution is -2.46. The highest BCUT2D eigenvalue weighted by Crippen LogP contribution is 2.34. The molecule has 7 nitrogen and oxygen atoms in total. The minimum absolute atomic E-state index is 0.0496. The van der Waals surface area contributed by atoms with Crippen molar-refractivity contribution in [3.05, 3.63) is 47.5 Å². The van der Waals surface area contributed by atoms with Crippen LogP contribution in [0.5, 0.6) is 17.2 Å². The van der Waals surface area contributed by atoms with E-state index in [1.807, 2.05) is 0 Å². The van der Waals surface area contributed by atoms with Gasteiger partial charge in [0.2, 0.25) is 12.7 Å². The Morgan fingerprint density at radius 1 is 1.10 bits per heavy atom. The van der Waals surface area contributed by atoms with Crippen molar-refractivity contribution < 1.29 is 23.8 Å². The minimum Gasteiger partial charge on any atom is -0.481 e. The van der Waals surface area contributed by atoms with E-state index in [0.717, 1.165) is 0 Å². The molecule has 2 aromatic carbocycles. The molecular formula is C22H23ClN2O5. The molecule has 158 valence electrons. The monoisotopic (exact) mass is 430 g/mol. The third-order valence-corrected chi connectivity index (χ3v) is 5.54. The molecule has 0 aliphatic carbocycles. The highest BCUT2D eigenvalue weighted by molar-refractivity contribution is 6.30. The van der Waals surface area contributed by atoms with Crippen molar-refractivity contribution in [1.82, 2.24) is 4.90 Å². The average molecular weight is 431 g/mol. The molecule has 1 N–H and O–H groups in total. The van der Waals surface area contributed by atoms with E-state index in [1.54, 1.807) is 54.3 Å². The maximum absolute atomic E-state index is 12.7. The summed E-state index contributed by atoms with van der Waals surface area (Å²) in [6.45, 7) is 2.97. The molecule has 2 aliphatic heterocycles. The predicted octanol–water partition coefficient (Wildman–Crippen LogP) is 3.71. The van der Waals surface area contributed by atoms with E-state index in [4.69, 9.17) is 25.8 Å². The van der Waals surface area contributed by atoms with E-state index in [1.165, 1.54) is 0 Å². The Balaban J connectivity index is 1.27. The molecule has 2 amide bonds. The summed E-state index contributed by atoms with van der Waals surface area (Å²) in [5.41, 5.74) is 0.674. The zero-order chi connectivity index (χ0) is 21.1. The summed E-state index contributed by atoms with van der Waals surface area (Å²) in [6.07, 6.45) is 0.608. The number of likely N-dealkylation sites (tertiary alicyclic amines) is 1. The number of amides is 2. The summed E-state index contributed by atoms with van der Waals surface area (Å²) in [7, 11) is 0. The van der Waals surface area contributed by atoms with Gasteiger partial charge in [0.15, 0.2) is 17.6 Å². The fraction of sp³-hybridized carbons (Fsp3) is 0.364. The van der Waals surface area contributed by atoms with Crippen molar-refractivity contribution in [2.75, 3.05) is 25.2 Å². The van der Waals surface area contributed by atoms with E-state index in [2.05, 4.69) is 5.32 Å². The van der Waals surface area contributed by atoms with Crippen LogP contribution < -0.4 is 19.5 Å². The fourth-order valence-electron chi connectivity index (χ4n) is 3.61. The summed E-state index contributed by atoms with van der Waals surface area (Å²) in [4.78, 5) is 27.1. The Morgan fingerprint density at radius 3 is 2.53 bits per heavy atom. The molecule has 2 heterocycles. The zero-order valence-electron chi connectivity index (χ0n) is 16.6. The molecule has 0 aromatic heterocycles.